The Labute approximate surface area is 319 Å². The van der Waals surface area contributed by atoms with Crippen molar-refractivity contribution in [3.05, 3.63) is 223 Å². The number of aromatic nitrogens is 2. The number of allylic oxidation sites excluding steroid dienone is 2. The number of carbonyl (C=O) groups is 1. The van der Waals surface area contributed by atoms with Crippen molar-refractivity contribution in [1.29, 1.82) is 0 Å². The number of nitrogens with one attached hydrogen (secondary N) is 1. The second-order valence-corrected chi connectivity index (χ2v) is 14.8. The molecular weight excluding hydrogens is 677 g/mol. The Bertz CT molecular complexity index is 2870. The first kappa shape index (κ1) is 32.7. The summed E-state index contributed by atoms with van der Waals surface area (Å²) in [5.74, 6) is 0.177. The van der Waals surface area contributed by atoms with Crippen LogP contribution in [0.1, 0.15) is 50.3 Å². The van der Waals surface area contributed by atoms with E-state index in [1.807, 2.05) is 18.2 Å². The molecule has 4 aromatic carbocycles. The third-order valence-electron chi connectivity index (χ3n) is 11.0. The van der Waals surface area contributed by atoms with E-state index in [2.05, 4.69) is 164 Å². The molecule has 0 radical (unpaired) electrons. The van der Waals surface area contributed by atoms with Crippen LogP contribution in [0.4, 0.5) is 0 Å². The number of aryl methyl sites for hydroxylation is 3. The minimum absolute atomic E-state index is 0.377. The molecule has 2 aromatic heterocycles. The smallest absolute Gasteiger partial charge is 0.346 e. The molecule has 0 atom stereocenters. The SMILES string of the molecule is Cc1ccc(C2=C3C=CC(=N3)C(c3ccc(C)cc3)=c3ccc([nH]3)=C(c3ccc(C)cc3)C3=C4C(=C(c5ccccc5)c5ccc2n5CN4C)OC3=O)cc1. The predicted octanol–water partition coefficient (Wildman–Crippen LogP) is 8.10. The second-order valence-electron chi connectivity index (χ2n) is 14.8. The summed E-state index contributed by atoms with van der Waals surface area (Å²) >= 11 is 0. The fourth-order valence-electron chi connectivity index (χ4n) is 8.29. The molecule has 6 aromatic rings. The minimum Gasteiger partial charge on any atom is -0.420 e. The van der Waals surface area contributed by atoms with E-state index in [-0.39, 0.29) is 5.97 Å². The van der Waals surface area contributed by atoms with Gasteiger partial charge in [-0.1, -0.05) is 120 Å². The number of benzene rings is 4. The topological polar surface area (TPSA) is 62.6 Å². The van der Waals surface area contributed by atoms with Gasteiger partial charge >= 0.3 is 5.97 Å². The lowest BCUT2D eigenvalue weighted by Crippen LogP contribution is -2.24. The number of H-pyrrole nitrogens is 1. The Hall–Kier alpha value is -6.92. The zero-order valence-electron chi connectivity index (χ0n) is 31.1. The van der Waals surface area contributed by atoms with Crippen molar-refractivity contribution in [2.75, 3.05) is 7.05 Å². The zero-order chi connectivity index (χ0) is 37.4. The lowest BCUT2D eigenvalue weighted by molar-refractivity contribution is -0.132. The summed E-state index contributed by atoms with van der Waals surface area (Å²) in [5.41, 5.74) is 16.2. The number of aliphatic imine (C=N–C) groups is 1. The van der Waals surface area contributed by atoms with Crippen LogP contribution in [-0.4, -0.2) is 33.2 Å². The van der Waals surface area contributed by atoms with Crippen molar-refractivity contribution in [3.63, 3.8) is 0 Å². The molecule has 0 saturated carbocycles. The molecule has 0 unspecified atom stereocenters. The minimum atomic E-state index is -0.377. The van der Waals surface area contributed by atoms with E-state index in [0.717, 1.165) is 89.3 Å². The van der Waals surface area contributed by atoms with Gasteiger partial charge in [0.2, 0.25) is 0 Å². The van der Waals surface area contributed by atoms with Crippen LogP contribution in [0, 0.1) is 20.8 Å². The van der Waals surface area contributed by atoms with E-state index < -0.39 is 0 Å². The monoisotopic (exact) mass is 714 g/mol. The first-order valence-corrected chi connectivity index (χ1v) is 18.7. The molecule has 0 fully saturated rings. The molecule has 0 spiro atoms. The lowest BCUT2D eigenvalue weighted by atomic mass is 9.93. The molecule has 6 heteroatoms. The van der Waals surface area contributed by atoms with Gasteiger partial charge in [0, 0.05) is 34.5 Å². The number of fused-ring (bicyclic) bond motifs is 4. The first-order valence-electron chi connectivity index (χ1n) is 18.7. The maximum absolute atomic E-state index is 14.6. The number of likely N-dealkylation sites (N-methyl/N-ethyl adjacent to an activating group) is 1. The predicted molar refractivity (Wildman–Crippen MR) is 219 cm³/mol. The van der Waals surface area contributed by atoms with Crippen LogP contribution in [0.2, 0.25) is 0 Å². The van der Waals surface area contributed by atoms with Gasteiger partial charge in [-0.15, -0.1) is 0 Å². The van der Waals surface area contributed by atoms with Gasteiger partial charge in [-0.25, -0.2) is 9.79 Å². The highest BCUT2D eigenvalue weighted by Crippen LogP contribution is 2.45. The Kier molecular flexibility index (Phi) is 7.49. The average molecular weight is 715 g/mol. The number of esters is 1. The van der Waals surface area contributed by atoms with Gasteiger partial charge in [0.1, 0.15) is 0 Å². The Morgan fingerprint density at radius 3 is 1.71 bits per heavy atom. The molecule has 0 amide bonds. The highest BCUT2D eigenvalue weighted by molar-refractivity contribution is 6.30. The van der Waals surface area contributed by atoms with Crippen LogP contribution < -0.4 is 10.7 Å². The van der Waals surface area contributed by atoms with Crippen LogP contribution in [0.15, 0.2) is 167 Å². The number of aromatic amines is 1. The molecule has 55 heavy (non-hydrogen) atoms. The first-order chi connectivity index (χ1) is 26.8. The highest BCUT2D eigenvalue weighted by Gasteiger charge is 2.41. The summed E-state index contributed by atoms with van der Waals surface area (Å²) in [6.07, 6.45) is 4.28. The van der Waals surface area contributed by atoms with Crippen LogP contribution >= 0.6 is 0 Å². The molecule has 1 N–H and O–H groups in total. The van der Waals surface area contributed by atoms with Gasteiger partial charge in [-0.2, -0.15) is 0 Å². The zero-order valence-corrected chi connectivity index (χ0v) is 31.1. The Balaban J connectivity index is 1.41. The summed E-state index contributed by atoms with van der Waals surface area (Å²) in [6.45, 7) is 6.76. The standard InChI is InChI=1S/C49H38N4O2/c1-29-10-16-33(17-11-29)42-36-22-24-38(50-36)43(34-18-12-30(2)13-19-34)40-26-27-41-45(32-8-6-5-7-9-32)48-47(52(4)28-53(40)41)46(49(54)55-48)44(39-25-23-37(42)51-39)35-20-14-31(3)15-21-35/h5-27,51H,28H2,1-4H3. The lowest BCUT2D eigenvalue weighted by Gasteiger charge is -2.23. The van der Waals surface area contributed by atoms with Crippen molar-refractivity contribution in [2.45, 2.75) is 27.4 Å². The van der Waals surface area contributed by atoms with Crippen LogP contribution in [0.25, 0.3) is 22.3 Å². The van der Waals surface area contributed by atoms with Crippen molar-refractivity contribution in [1.82, 2.24) is 14.5 Å². The van der Waals surface area contributed by atoms with E-state index >= 15 is 0 Å². The maximum Gasteiger partial charge on any atom is 0.346 e. The van der Waals surface area contributed by atoms with Crippen LogP contribution in [0.3, 0.4) is 0 Å². The molecule has 0 saturated heterocycles. The van der Waals surface area contributed by atoms with Gasteiger partial charge < -0.3 is 19.2 Å². The van der Waals surface area contributed by atoms with Crippen molar-refractivity contribution >= 4 is 34.0 Å². The molecule has 6 bridgehead atoms. The molecular formula is C49H38N4O2. The van der Waals surface area contributed by atoms with E-state index in [4.69, 9.17) is 9.73 Å². The van der Waals surface area contributed by atoms with E-state index in [9.17, 15) is 4.79 Å². The van der Waals surface area contributed by atoms with Gasteiger partial charge in [-0.05, 0) is 79.4 Å². The molecule has 4 aliphatic heterocycles. The van der Waals surface area contributed by atoms with Gasteiger partial charge in [0.05, 0.1) is 46.3 Å². The van der Waals surface area contributed by atoms with Crippen molar-refractivity contribution < 1.29 is 9.53 Å². The number of nitrogens with zero attached hydrogens (tertiary/aromatic N) is 3. The summed E-state index contributed by atoms with van der Waals surface area (Å²) in [6, 6.07) is 44.4. The van der Waals surface area contributed by atoms with E-state index in [0.29, 0.717) is 18.0 Å². The van der Waals surface area contributed by atoms with E-state index in [1.54, 1.807) is 0 Å². The molecule has 6 heterocycles. The number of ether oxygens (including phenoxy) is 1. The molecule has 10 rings (SSSR count). The average Bonchev–Trinajstić information content (AvgIpc) is 4.00. The van der Waals surface area contributed by atoms with Crippen molar-refractivity contribution in [2.24, 2.45) is 4.99 Å². The number of carbonyl (C=O) groups excluding carboxylic acids is 1. The Morgan fingerprint density at radius 1 is 0.564 bits per heavy atom. The summed E-state index contributed by atoms with van der Waals surface area (Å²) in [5, 5.41) is 1.72. The molecule has 4 aliphatic rings. The van der Waals surface area contributed by atoms with Gasteiger partial charge in [-0.3, -0.25) is 0 Å². The molecule has 6 nitrogen and oxygen atoms in total. The Morgan fingerprint density at radius 2 is 1.09 bits per heavy atom. The third kappa shape index (κ3) is 5.32. The highest BCUT2D eigenvalue weighted by atomic mass is 16.5. The fraction of sp³-hybridized carbons (Fsp3) is 0.102. The van der Waals surface area contributed by atoms with Crippen LogP contribution in [-0.2, 0) is 16.2 Å². The summed E-state index contributed by atoms with van der Waals surface area (Å²) in [7, 11) is 2.05. The maximum atomic E-state index is 14.6. The normalized spacial score (nSPS) is 16.2. The summed E-state index contributed by atoms with van der Waals surface area (Å²) in [4.78, 5) is 26.0. The fourth-order valence-corrected chi connectivity index (χ4v) is 8.29. The van der Waals surface area contributed by atoms with Crippen LogP contribution in [0.5, 0.6) is 0 Å². The number of rotatable bonds is 4. The largest absolute Gasteiger partial charge is 0.420 e. The number of hydrogen-bond acceptors (Lipinski definition) is 4. The third-order valence-corrected chi connectivity index (χ3v) is 11.0. The number of hydrogen-bond donors (Lipinski definition) is 1. The van der Waals surface area contributed by atoms with Gasteiger partial charge in [0.25, 0.3) is 0 Å². The molecule has 0 aliphatic carbocycles. The summed E-state index contributed by atoms with van der Waals surface area (Å²) < 4.78 is 8.86. The molecule has 266 valence electrons. The quantitative estimate of drug-likeness (QED) is 0.188. The van der Waals surface area contributed by atoms with Gasteiger partial charge in [0.15, 0.2) is 5.76 Å². The second kappa shape index (κ2) is 12.6. The van der Waals surface area contributed by atoms with E-state index in [1.165, 1.54) is 11.1 Å². The van der Waals surface area contributed by atoms with Crippen molar-refractivity contribution in [3.8, 4) is 0 Å².